The van der Waals surface area contributed by atoms with E-state index in [4.69, 9.17) is 5.73 Å². The Morgan fingerprint density at radius 2 is 1.75 bits per heavy atom. The van der Waals surface area contributed by atoms with Crippen molar-refractivity contribution < 1.29 is 5.11 Å². The lowest BCUT2D eigenvalue weighted by atomic mass is 9.70. The van der Waals surface area contributed by atoms with Crippen LogP contribution in [-0.4, -0.2) is 17.3 Å². The Morgan fingerprint density at radius 1 is 1.19 bits per heavy atom. The van der Waals surface area contributed by atoms with E-state index in [1.54, 1.807) is 0 Å². The van der Waals surface area contributed by atoms with E-state index in [1.165, 1.54) is 0 Å². The SMILES string of the molecule is CCC(O)(Cc1ccccc1)C(C)(C)CN. The Hall–Kier alpha value is -0.860. The molecule has 0 bridgehead atoms. The Bertz CT molecular complexity index is 321. The topological polar surface area (TPSA) is 46.2 Å². The van der Waals surface area contributed by atoms with Gasteiger partial charge < -0.3 is 10.8 Å². The van der Waals surface area contributed by atoms with Gasteiger partial charge in [-0.1, -0.05) is 51.1 Å². The van der Waals surface area contributed by atoms with Crippen LogP contribution in [0.3, 0.4) is 0 Å². The number of aliphatic hydroxyl groups is 1. The first-order valence-corrected chi connectivity index (χ1v) is 5.91. The molecule has 2 nitrogen and oxygen atoms in total. The number of benzene rings is 1. The van der Waals surface area contributed by atoms with Crippen molar-refractivity contribution in [2.24, 2.45) is 11.1 Å². The van der Waals surface area contributed by atoms with Crippen LogP contribution in [0.25, 0.3) is 0 Å². The predicted molar refractivity (Wildman–Crippen MR) is 68.2 cm³/mol. The van der Waals surface area contributed by atoms with Crippen molar-refractivity contribution >= 4 is 0 Å². The summed E-state index contributed by atoms with van der Waals surface area (Å²) in [7, 11) is 0. The molecule has 90 valence electrons. The zero-order valence-corrected chi connectivity index (χ0v) is 10.5. The van der Waals surface area contributed by atoms with Crippen LogP contribution in [0.1, 0.15) is 32.8 Å². The molecule has 0 aliphatic carbocycles. The second kappa shape index (κ2) is 4.98. The summed E-state index contributed by atoms with van der Waals surface area (Å²) in [6.07, 6.45) is 1.38. The molecule has 0 amide bonds. The van der Waals surface area contributed by atoms with Gasteiger partial charge in [0.2, 0.25) is 0 Å². The van der Waals surface area contributed by atoms with Gasteiger partial charge in [0, 0.05) is 18.4 Å². The molecule has 1 aromatic rings. The first-order chi connectivity index (χ1) is 7.45. The van der Waals surface area contributed by atoms with Crippen LogP contribution < -0.4 is 5.73 Å². The molecule has 1 atom stereocenters. The minimum absolute atomic E-state index is 0.266. The van der Waals surface area contributed by atoms with Gasteiger partial charge in [0.1, 0.15) is 0 Å². The quantitative estimate of drug-likeness (QED) is 0.801. The zero-order chi connectivity index (χ0) is 12.2. The molecule has 0 aromatic heterocycles. The third-order valence-corrected chi connectivity index (χ3v) is 3.69. The molecule has 0 saturated carbocycles. The van der Waals surface area contributed by atoms with Crippen molar-refractivity contribution in [1.29, 1.82) is 0 Å². The van der Waals surface area contributed by atoms with Crippen molar-refractivity contribution in [3.8, 4) is 0 Å². The number of hydrogen-bond acceptors (Lipinski definition) is 2. The highest BCUT2D eigenvalue weighted by atomic mass is 16.3. The molecule has 0 aliphatic rings. The van der Waals surface area contributed by atoms with Gasteiger partial charge in [-0.2, -0.15) is 0 Å². The standard InChI is InChI=1S/C14H23NO/c1-4-14(16,13(2,3)11-15)10-12-8-6-5-7-9-12/h5-9,16H,4,10-11,15H2,1-3H3. The average molecular weight is 221 g/mol. The fourth-order valence-electron chi connectivity index (χ4n) is 1.97. The van der Waals surface area contributed by atoms with Crippen LogP contribution in [0.15, 0.2) is 30.3 Å². The van der Waals surface area contributed by atoms with Gasteiger partial charge >= 0.3 is 0 Å². The smallest absolute Gasteiger partial charge is 0.0747 e. The van der Waals surface area contributed by atoms with E-state index in [-0.39, 0.29) is 5.41 Å². The second-order valence-corrected chi connectivity index (χ2v) is 5.14. The van der Waals surface area contributed by atoms with Gasteiger partial charge in [0.05, 0.1) is 5.60 Å². The molecule has 0 fully saturated rings. The number of nitrogens with two attached hydrogens (primary N) is 1. The van der Waals surface area contributed by atoms with Gasteiger partial charge in [0.25, 0.3) is 0 Å². The van der Waals surface area contributed by atoms with Crippen molar-refractivity contribution in [3.63, 3.8) is 0 Å². The van der Waals surface area contributed by atoms with Crippen LogP contribution in [0.2, 0.25) is 0 Å². The lowest BCUT2D eigenvalue weighted by Gasteiger charge is -2.42. The average Bonchev–Trinajstić information content (AvgIpc) is 2.30. The molecule has 0 aliphatic heterocycles. The van der Waals surface area contributed by atoms with E-state index >= 15 is 0 Å². The summed E-state index contributed by atoms with van der Waals surface area (Å²) in [6, 6.07) is 10.1. The molecular weight excluding hydrogens is 198 g/mol. The Balaban J connectivity index is 2.91. The lowest BCUT2D eigenvalue weighted by molar-refractivity contribution is -0.0650. The largest absolute Gasteiger partial charge is 0.389 e. The van der Waals surface area contributed by atoms with Gasteiger partial charge in [0.15, 0.2) is 0 Å². The van der Waals surface area contributed by atoms with Gasteiger partial charge in [-0.05, 0) is 12.0 Å². The molecular formula is C14H23NO. The third-order valence-electron chi connectivity index (χ3n) is 3.69. The summed E-state index contributed by atoms with van der Waals surface area (Å²) in [6.45, 7) is 6.56. The normalized spacial score (nSPS) is 15.8. The van der Waals surface area contributed by atoms with Gasteiger partial charge in [-0.3, -0.25) is 0 Å². The highest BCUT2D eigenvalue weighted by molar-refractivity contribution is 5.18. The maximum atomic E-state index is 10.7. The monoisotopic (exact) mass is 221 g/mol. The maximum absolute atomic E-state index is 10.7. The highest BCUT2D eigenvalue weighted by Crippen LogP contribution is 2.35. The first-order valence-electron chi connectivity index (χ1n) is 5.91. The molecule has 16 heavy (non-hydrogen) atoms. The summed E-state index contributed by atoms with van der Waals surface area (Å²) in [4.78, 5) is 0. The van der Waals surface area contributed by atoms with Crippen LogP contribution in [0, 0.1) is 5.41 Å². The van der Waals surface area contributed by atoms with Crippen molar-refractivity contribution in [2.75, 3.05) is 6.54 Å². The number of rotatable bonds is 5. The number of hydrogen-bond donors (Lipinski definition) is 2. The van der Waals surface area contributed by atoms with E-state index in [2.05, 4.69) is 0 Å². The molecule has 0 heterocycles. The molecule has 0 saturated heterocycles. The van der Waals surface area contributed by atoms with Crippen LogP contribution >= 0.6 is 0 Å². The lowest BCUT2D eigenvalue weighted by Crippen LogP contribution is -2.50. The summed E-state index contributed by atoms with van der Waals surface area (Å²) in [5.41, 5.74) is 5.92. The van der Waals surface area contributed by atoms with Gasteiger partial charge in [-0.15, -0.1) is 0 Å². The summed E-state index contributed by atoms with van der Waals surface area (Å²) in [5, 5.41) is 10.7. The fourth-order valence-corrected chi connectivity index (χ4v) is 1.97. The molecule has 2 heteroatoms. The third kappa shape index (κ3) is 2.63. The van der Waals surface area contributed by atoms with Crippen molar-refractivity contribution in [2.45, 2.75) is 39.2 Å². The minimum Gasteiger partial charge on any atom is -0.389 e. The Kier molecular flexibility index (Phi) is 4.11. The minimum atomic E-state index is -0.733. The summed E-state index contributed by atoms with van der Waals surface area (Å²) < 4.78 is 0. The highest BCUT2D eigenvalue weighted by Gasteiger charge is 2.40. The summed E-state index contributed by atoms with van der Waals surface area (Å²) >= 11 is 0. The van der Waals surface area contributed by atoms with Crippen molar-refractivity contribution in [1.82, 2.24) is 0 Å². The van der Waals surface area contributed by atoms with Crippen molar-refractivity contribution in [3.05, 3.63) is 35.9 Å². The predicted octanol–water partition coefficient (Wildman–Crippen LogP) is 2.36. The van der Waals surface area contributed by atoms with Crippen LogP contribution in [0.5, 0.6) is 0 Å². The Morgan fingerprint density at radius 3 is 2.19 bits per heavy atom. The molecule has 1 unspecified atom stereocenters. The first kappa shape index (κ1) is 13.2. The van der Waals surface area contributed by atoms with Crippen LogP contribution in [0.4, 0.5) is 0 Å². The molecule has 3 N–H and O–H groups in total. The van der Waals surface area contributed by atoms with E-state index in [1.807, 2.05) is 51.1 Å². The summed E-state index contributed by atoms with van der Waals surface area (Å²) in [5.74, 6) is 0. The van der Waals surface area contributed by atoms with E-state index in [9.17, 15) is 5.11 Å². The van der Waals surface area contributed by atoms with Crippen LogP contribution in [-0.2, 0) is 6.42 Å². The molecule has 1 rings (SSSR count). The maximum Gasteiger partial charge on any atom is 0.0747 e. The molecule has 0 spiro atoms. The molecule has 0 radical (unpaired) electrons. The second-order valence-electron chi connectivity index (χ2n) is 5.14. The van der Waals surface area contributed by atoms with E-state index in [0.29, 0.717) is 19.4 Å². The zero-order valence-electron chi connectivity index (χ0n) is 10.5. The van der Waals surface area contributed by atoms with Gasteiger partial charge in [-0.25, -0.2) is 0 Å². The molecule has 1 aromatic carbocycles. The van der Waals surface area contributed by atoms with E-state index < -0.39 is 5.60 Å². The Labute approximate surface area is 98.5 Å². The van der Waals surface area contributed by atoms with E-state index in [0.717, 1.165) is 5.56 Å². The fraction of sp³-hybridized carbons (Fsp3) is 0.571.